The minimum Gasteiger partial charge on any atom is -0.464 e. The minimum absolute atomic E-state index is 0.0483. The maximum Gasteiger partial charge on any atom is 0.284 e. The summed E-state index contributed by atoms with van der Waals surface area (Å²) in [5.41, 5.74) is 0. The Morgan fingerprint density at radius 1 is 1.35 bits per heavy atom. The van der Waals surface area contributed by atoms with Gasteiger partial charge >= 0.3 is 0 Å². The van der Waals surface area contributed by atoms with Crippen molar-refractivity contribution in [2.75, 3.05) is 13.1 Å². The maximum absolute atomic E-state index is 12.1. The predicted octanol–water partition coefficient (Wildman–Crippen LogP) is 3.47. The second kappa shape index (κ2) is 8.68. The Hall–Kier alpha value is -1.08. The van der Waals surface area contributed by atoms with E-state index in [2.05, 4.69) is 5.32 Å². The number of nitrogens with zero attached hydrogens (tertiary/aromatic N) is 1. The number of thioether (sulfide) groups is 1. The highest BCUT2D eigenvalue weighted by molar-refractivity contribution is 7.98. The summed E-state index contributed by atoms with van der Waals surface area (Å²) in [5.74, 6) is -0.587. The maximum atomic E-state index is 12.1. The molecule has 0 bridgehead atoms. The second-order valence-corrected chi connectivity index (χ2v) is 7.05. The Kier molecular flexibility index (Phi) is 6.89. The zero-order valence-corrected chi connectivity index (χ0v) is 14.4. The average molecular weight is 346 g/mol. The molecule has 1 fully saturated rings. The van der Waals surface area contributed by atoms with Gasteiger partial charge < -0.3 is 14.6 Å². The largest absolute Gasteiger partial charge is 0.464 e. The van der Waals surface area contributed by atoms with Gasteiger partial charge in [0.25, 0.3) is 5.76 Å². The third-order valence-corrected chi connectivity index (χ3v) is 4.64. The van der Waals surface area contributed by atoms with Crippen LogP contribution in [0.1, 0.15) is 38.2 Å². The van der Waals surface area contributed by atoms with E-state index in [4.69, 9.17) is 4.42 Å². The number of nitrogens with one attached hydrogen (secondary N) is 1. The van der Waals surface area contributed by atoms with Gasteiger partial charge in [-0.3, -0.25) is 4.79 Å². The average Bonchev–Trinajstić information content (AvgIpc) is 2.98. The van der Waals surface area contributed by atoms with Gasteiger partial charge in [0, 0.05) is 25.0 Å². The van der Waals surface area contributed by atoms with Crippen molar-refractivity contribution >= 4 is 17.7 Å². The summed E-state index contributed by atoms with van der Waals surface area (Å²) in [6.07, 6.45) is 1.85. The summed E-state index contributed by atoms with van der Waals surface area (Å²) < 4.78 is 29.8. The van der Waals surface area contributed by atoms with Crippen LogP contribution in [0.4, 0.5) is 8.78 Å². The van der Waals surface area contributed by atoms with E-state index >= 15 is 0 Å². The van der Waals surface area contributed by atoms with Crippen molar-refractivity contribution in [3.8, 4) is 0 Å². The van der Waals surface area contributed by atoms with Gasteiger partial charge in [-0.2, -0.15) is 8.78 Å². The van der Waals surface area contributed by atoms with Gasteiger partial charge in [-0.15, -0.1) is 0 Å². The summed E-state index contributed by atoms with van der Waals surface area (Å²) in [6.45, 7) is 6.00. The van der Waals surface area contributed by atoms with Crippen LogP contribution in [0, 0.1) is 5.92 Å². The third kappa shape index (κ3) is 5.80. The Morgan fingerprint density at radius 3 is 2.61 bits per heavy atom. The number of halogens is 2. The summed E-state index contributed by atoms with van der Waals surface area (Å²) >= 11 is 0.564. The Balaban J connectivity index is 1.70. The molecule has 1 N–H and O–H groups in total. The number of alkyl halides is 2. The molecule has 0 atom stereocenters. The Labute approximate surface area is 140 Å². The van der Waals surface area contributed by atoms with E-state index in [9.17, 15) is 13.6 Å². The molecule has 0 aliphatic carbocycles. The number of hydrogen-bond donors (Lipinski definition) is 1. The van der Waals surface area contributed by atoms with Crippen LogP contribution >= 0.6 is 11.8 Å². The van der Waals surface area contributed by atoms with Gasteiger partial charge in [-0.25, -0.2) is 0 Å². The molecule has 0 unspecified atom stereocenters. The van der Waals surface area contributed by atoms with Gasteiger partial charge in [-0.05, 0) is 25.0 Å². The van der Waals surface area contributed by atoms with E-state index in [0.717, 1.165) is 31.7 Å². The minimum atomic E-state index is -2.37. The van der Waals surface area contributed by atoms with E-state index < -0.39 is 5.76 Å². The molecule has 2 heterocycles. The van der Waals surface area contributed by atoms with E-state index in [1.54, 1.807) is 6.07 Å². The van der Waals surface area contributed by atoms with Gasteiger partial charge in [0.2, 0.25) is 5.91 Å². The molecule has 2 rings (SSSR count). The number of furan rings is 1. The quantitative estimate of drug-likeness (QED) is 0.821. The fourth-order valence-corrected chi connectivity index (χ4v) is 3.10. The van der Waals surface area contributed by atoms with Crippen LogP contribution in [0.3, 0.4) is 0 Å². The molecule has 0 radical (unpaired) electrons. The van der Waals surface area contributed by atoms with Gasteiger partial charge in [0.15, 0.2) is 0 Å². The number of piperidine rings is 1. The van der Waals surface area contributed by atoms with Crippen LogP contribution in [-0.4, -0.2) is 35.7 Å². The summed E-state index contributed by atoms with van der Waals surface area (Å²) in [5, 5.41) is 3.42. The molecule has 0 saturated carbocycles. The summed E-state index contributed by atoms with van der Waals surface area (Å²) in [7, 11) is 0. The molecule has 1 saturated heterocycles. The summed E-state index contributed by atoms with van der Waals surface area (Å²) in [4.78, 5) is 13.9. The third-order valence-electron chi connectivity index (χ3n) is 3.93. The van der Waals surface area contributed by atoms with Crippen LogP contribution in [0.25, 0.3) is 0 Å². The lowest BCUT2D eigenvalue weighted by atomic mass is 10.0. The van der Waals surface area contributed by atoms with E-state index in [-0.39, 0.29) is 17.6 Å². The lowest BCUT2D eigenvalue weighted by molar-refractivity contribution is -0.135. The predicted molar refractivity (Wildman–Crippen MR) is 87.3 cm³/mol. The van der Waals surface area contributed by atoms with Crippen molar-refractivity contribution in [1.29, 1.82) is 0 Å². The first-order valence-corrected chi connectivity index (χ1v) is 9.00. The van der Waals surface area contributed by atoms with Gasteiger partial charge in [-0.1, -0.05) is 25.6 Å². The fourth-order valence-electron chi connectivity index (χ4n) is 2.65. The molecule has 0 aromatic carbocycles. The zero-order chi connectivity index (χ0) is 16.8. The number of carbonyl (C=O) groups excluding carboxylic acids is 1. The van der Waals surface area contributed by atoms with E-state index in [0.29, 0.717) is 30.1 Å². The lowest BCUT2D eigenvalue weighted by Crippen LogP contribution is -2.45. The highest BCUT2D eigenvalue weighted by atomic mass is 32.2. The monoisotopic (exact) mass is 346 g/mol. The Morgan fingerprint density at radius 2 is 2.00 bits per heavy atom. The van der Waals surface area contributed by atoms with Crippen LogP contribution in [0.15, 0.2) is 16.5 Å². The highest BCUT2D eigenvalue weighted by Crippen LogP contribution is 2.21. The van der Waals surface area contributed by atoms with Gasteiger partial charge in [0.1, 0.15) is 11.5 Å². The molecule has 7 heteroatoms. The number of carbonyl (C=O) groups is 1. The Bertz CT molecular complexity index is 500. The smallest absolute Gasteiger partial charge is 0.284 e. The second-order valence-electron chi connectivity index (χ2n) is 6.07. The number of hydrogen-bond acceptors (Lipinski definition) is 4. The van der Waals surface area contributed by atoms with E-state index in [1.807, 2.05) is 24.8 Å². The first-order chi connectivity index (χ1) is 11.0. The number of rotatable bonds is 7. The summed E-state index contributed by atoms with van der Waals surface area (Å²) in [6, 6.07) is 3.93. The molecule has 1 aliphatic heterocycles. The van der Waals surface area contributed by atoms with Crippen molar-refractivity contribution in [3.05, 3.63) is 23.7 Å². The first kappa shape index (κ1) is 18.3. The molecule has 1 aliphatic rings. The van der Waals surface area contributed by atoms with Crippen molar-refractivity contribution < 1.29 is 18.0 Å². The van der Waals surface area contributed by atoms with Crippen molar-refractivity contribution in [3.63, 3.8) is 0 Å². The molecular weight excluding hydrogens is 322 g/mol. The highest BCUT2D eigenvalue weighted by Gasteiger charge is 2.24. The number of likely N-dealkylation sites (tertiary alicyclic amines) is 1. The normalized spacial score (nSPS) is 16.5. The van der Waals surface area contributed by atoms with Crippen LogP contribution in [-0.2, 0) is 17.1 Å². The molecule has 1 aromatic heterocycles. The van der Waals surface area contributed by atoms with Crippen LogP contribution in [0.2, 0.25) is 0 Å². The molecule has 0 spiro atoms. The van der Waals surface area contributed by atoms with Crippen LogP contribution in [0.5, 0.6) is 0 Å². The molecule has 1 aromatic rings. The molecule has 1 amide bonds. The fraction of sp³-hybridized carbons (Fsp3) is 0.688. The van der Waals surface area contributed by atoms with Crippen LogP contribution < -0.4 is 5.32 Å². The lowest BCUT2D eigenvalue weighted by Gasteiger charge is -2.33. The van der Waals surface area contributed by atoms with Crippen molar-refractivity contribution in [1.82, 2.24) is 10.2 Å². The first-order valence-electron chi connectivity index (χ1n) is 7.95. The molecule has 130 valence electrons. The van der Waals surface area contributed by atoms with Gasteiger partial charge in [0.05, 0.1) is 12.3 Å². The topological polar surface area (TPSA) is 45.5 Å². The SMILES string of the molecule is CC(C)C(=O)N1CCC(NCc2ccc(CSC(F)F)o2)CC1. The molecule has 4 nitrogen and oxygen atoms in total. The molecule has 23 heavy (non-hydrogen) atoms. The zero-order valence-electron chi connectivity index (χ0n) is 13.6. The van der Waals surface area contributed by atoms with E-state index in [1.165, 1.54) is 0 Å². The number of amides is 1. The molecular formula is C16H24F2N2O2S. The van der Waals surface area contributed by atoms with Crippen molar-refractivity contribution in [2.45, 2.75) is 50.8 Å². The van der Waals surface area contributed by atoms with Crippen molar-refractivity contribution in [2.24, 2.45) is 5.92 Å². The standard InChI is InChI=1S/C16H24F2N2O2S/c1-11(2)15(21)20-7-5-12(6-8-20)19-9-13-3-4-14(22-13)10-23-16(17)18/h3-4,11-12,16,19H,5-10H2,1-2H3.